The minimum atomic E-state index is -0.0882. The average Bonchev–Trinajstić information content (AvgIpc) is 2.83. The molecule has 4 nitrogen and oxygen atoms in total. The minimum Gasteiger partial charge on any atom is -0.361 e. The Labute approximate surface area is 108 Å². The Hall–Kier alpha value is -1.58. The maximum atomic E-state index is 5.41. The van der Waals surface area contributed by atoms with E-state index >= 15 is 0 Å². The zero-order valence-corrected chi connectivity index (χ0v) is 11.8. The molecule has 0 N–H and O–H groups in total. The fraction of sp³-hybridized carbons (Fsp3) is 0.571. The van der Waals surface area contributed by atoms with Crippen molar-refractivity contribution in [1.82, 2.24) is 14.9 Å². The van der Waals surface area contributed by atoms with Crippen LogP contribution in [0.15, 0.2) is 29.2 Å². The van der Waals surface area contributed by atoms with E-state index < -0.39 is 0 Å². The summed E-state index contributed by atoms with van der Waals surface area (Å²) in [5.74, 6) is 0.961. The normalized spacial score (nSPS) is 12.9. The van der Waals surface area contributed by atoms with Crippen LogP contribution in [0, 0.1) is 0 Å². The van der Waals surface area contributed by atoms with E-state index in [0.717, 1.165) is 17.7 Å². The van der Waals surface area contributed by atoms with Gasteiger partial charge in [-0.15, -0.1) is 0 Å². The number of rotatable bonds is 3. The highest BCUT2D eigenvalue weighted by Gasteiger charge is 2.28. The highest BCUT2D eigenvalue weighted by molar-refractivity contribution is 5.22. The van der Waals surface area contributed by atoms with E-state index in [0.29, 0.717) is 0 Å². The van der Waals surface area contributed by atoms with E-state index in [2.05, 4.69) is 44.9 Å². The standard InChI is InChI=1S/C14H21N3O/c1-13(2,3)12-11(10-16-18-12)9-14(4,5)17-8-6-7-15-17/h6-8,10H,9H2,1-5H3. The van der Waals surface area contributed by atoms with Crippen molar-refractivity contribution in [1.29, 1.82) is 0 Å². The van der Waals surface area contributed by atoms with Crippen LogP contribution in [0.5, 0.6) is 0 Å². The van der Waals surface area contributed by atoms with Crippen LogP contribution in [-0.4, -0.2) is 14.9 Å². The number of nitrogens with zero attached hydrogens (tertiary/aromatic N) is 3. The van der Waals surface area contributed by atoms with Crippen LogP contribution in [0.3, 0.4) is 0 Å². The molecule has 0 fully saturated rings. The van der Waals surface area contributed by atoms with Crippen molar-refractivity contribution in [3.8, 4) is 0 Å². The van der Waals surface area contributed by atoms with Crippen molar-refractivity contribution in [2.24, 2.45) is 0 Å². The number of hydrogen-bond donors (Lipinski definition) is 0. The van der Waals surface area contributed by atoms with Gasteiger partial charge in [-0.05, 0) is 19.9 Å². The van der Waals surface area contributed by atoms with Gasteiger partial charge in [0.1, 0.15) is 5.76 Å². The van der Waals surface area contributed by atoms with E-state index in [1.54, 1.807) is 6.20 Å². The Morgan fingerprint density at radius 3 is 2.50 bits per heavy atom. The Bertz CT molecular complexity index is 503. The van der Waals surface area contributed by atoms with Gasteiger partial charge in [0.05, 0.1) is 11.7 Å². The van der Waals surface area contributed by atoms with Gasteiger partial charge in [-0.25, -0.2) is 0 Å². The van der Waals surface area contributed by atoms with Gasteiger partial charge in [0.2, 0.25) is 0 Å². The number of hydrogen-bond acceptors (Lipinski definition) is 3. The van der Waals surface area contributed by atoms with Crippen molar-refractivity contribution in [2.45, 2.75) is 52.0 Å². The molecule has 18 heavy (non-hydrogen) atoms. The van der Waals surface area contributed by atoms with Crippen molar-refractivity contribution in [3.05, 3.63) is 36.0 Å². The van der Waals surface area contributed by atoms with E-state index in [-0.39, 0.29) is 11.0 Å². The lowest BCUT2D eigenvalue weighted by atomic mass is 9.86. The lowest BCUT2D eigenvalue weighted by Crippen LogP contribution is -2.30. The summed E-state index contributed by atoms with van der Waals surface area (Å²) >= 11 is 0. The van der Waals surface area contributed by atoms with Gasteiger partial charge in [-0.2, -0.15) is 5.10 Å². The van der Waals surface area contributed by atoms with Crippen LogP contribution in [-0.2, 0) is 17.4 Å². The molecular formula is C14H21N3O. The first kappa shape index (κ1) is 12.9. The summed E-state index contributed by atoms with van der Waals surface area (Å²) < 4.78 is 7.39. The summed E-state index contributed by atoms with van der Waals surface area (Å²) in [6, 6.07) is 1.94. The highest BCUT2D eigenvalue weighted by Crippen LogP contribution is 2.29. The molecule has 0 aliphatic carbocycles. The third kappa shape index (κ3) is 2.47. The SMILES string of the molecule is CC(C)(C)c1oncc1CC(C)(C)n1cccn1. The Morgan fingerprint density at radius 2 is 1.94 bits per heavy atom. The molecule has 0 saturated carbocycles. The average molecular weight is 247 g/mol. The van der Waals surface area contributed by atoms with Crippen LogP contribution in [0.4, 0.5) is 0 Å². The van der Waals surface area contributed by atoms with E-state index in [4.69, 9.17) is 4.52 Å². The molecule has 0 spiro atoms. The zero-order valence-electron chi connectivity index (χ0n) is 11.8. The summed E-state index contributed by atoms with van der Waals surface area (Å²) in [6.07, 6.45) is 6.47. The van der Waals surface area contributed by atoms with Crippen molar-refractivity contribution in [3.63, 3.8) is 0 Å². The monoisotopic (exact) mass is 247 g/mol. The first-order chi connectivity index (χ1) is 8.31. The van der Waals surface area contributed by atoms with Crippen LogP contribution in [0.1, 0.15) is 45.9 Å². The van der Waals surface area contributed by atoms with Gasteiger partial charge in [0.15, 0.2) is 0 Å². The summed E-state index contributed by atoms with van der Waals surface area (Å²) in [5, 5.41) is 8.28. The largest absolute Gasteiger partial charge is 0.361 e. The van der Waals surface area contributed by atoms with Crippen molar-refractivity contribution in [2.75, 3.05) is 0 Å². The second kappa shape index (κ2) is 4.26. The maximum absolute atomic E-state index is 5.41. The first-order valence-electron chi connectivity index (χ1n) is 6.25. The van der Waals surface area contributed by atoms with E-state index in [9.17, 15) is 0 Å². The molecule has 2 aromatic heterocycles. The lowest BCUT2D eigenvalue weighted by molar-refractivity contribution is 0.300. The zero-order chi connectivity index (χ0) is 13.4. The molecule has 0 aliphatic heterocycles. The number of aromatic nitrogens is 3. The molecule has 0 bridgehead atoms. The molecule has 2 heterocycles. The van der Waals surface area contributed by atoms with Crippen molar-refractivity contribution < 1.29 is 4.52 Å². The molecule has 0 atom stereocenters. The third-order valence-electron chi connectivity index (χ3n) is 3.07. The molecule has 4 heteroatoms. The predicted octanol–water partition coefficient (Wildman–Crippen LogP) is 3.15. The first-order valence-corrected chi connectivity index (χ1v) is 6.25. The van der Waals surface area contributed by atoms with Gasteiger partial charge in [-0.1, -0.05) is 25.9 Å². The summed E-state index contributed by atoms with van der Waals surface area (Å²) in [7, 11) is 0. The molecule has 0 aliphatic rings. The van der Waals surface area contributed by atoms with Gasteiger partial charge in [0, 0.05) is 29.8 Å². The lowest BCUT2D eigenvalue weighted by Gasteiger charge is -2.26. The predicted molar refractivity (Wildman–Crippen MR) is 70.5 cm³/mol. The van der Waals surface area contributed by atoms with Gasteiger partial charge >= 0.3 is 0 Å². The summed E-state index contributed by atoms with van der Waals surface area (Å²) in [5.41, 5.74) is 1.05. The van der Waals surface area contributed by atoms with E-state index in [1.807, 2.05) is 23.1 Å². The Morgan fingerprint density at radius 1 is 1.22 bits per heavy atom. The minimum absolute atomic E-state index is 0.0218. The maximum Gasteiger partial charge on any atom is 0.145 e. The second-order valence-corrected chi connectivity index (χ2v) is 6.37. The van der Waals surface area contributed by atoms with Crippen LogP contribution in [0.25, 0.3) is 0 Å². The molecule has 98 valence electrons. The third-order valence-corrected chi connectivity index (χ3v) is 3.07. The quantitative estimate of drug-likeness (QED) is 0.837. The van der Waals surface area contributed by atoms with Crippen LogP contribution in [0.2, 0.25) is 0 Å². The van der Waals surface area contributed by atoms with Gasteiger partial charge in [0.25, 0.3) is 0 Å². The smallest absolute Gasteiger partial charge is 0.145 e. The summed E-state index contributed by atoms with van der Waals surface area (Å²) in [4.78, 5) is 0. The fourth-order valence-corrected chi connectivity index (χ4v) is 2.18. The van der Waals surface area contributed by atoms with Crippen molar-refractivity contribution >= 4 is 0 Å². The molecular weight excluding hydrogens is 226 g/mol. The molecule has 2 rings (SSSR count). The molecule has 0 saturated heterocycles. The Balaban J connectivity index is 2.28. The van der Waals surface area contributed by atoms with Crippen LogP contribution >= 0.6 is 0 Å². The van der Waals surface area contributed by atoms with Gasteiger partial charge in [-0.3, -0.25) is 4.68 Å². The van der Waals surface area contributed by atoms with Crippen LogP contribution < -0.4 is 0 Å². The van der Waals surface area contributed by atoms with Gasteiger partial charge < -0.3 is 4.52 Å². The molecule has 0 radical (unpaired) electrons. The molecule has 0 aromatic carbocycles. The molecule has 0 unspecified atom stereocenters. The fourth-order valence-electron chi connectivity index (χ4n) is 2.18. The molecule has 0 amide bonds. The van der Waals surface area contributed by atoms with E-state index in [1.165, 1.54) is 0 Å². The topological polar surface area (TPSA) is 43.9 Å². The Kier molecular flexibility index (Phi) is 3.05. The second-order valence-electron chi connectivity index (χ2n) is 6.37. The summed E-state index contributed by atoms with van der Waals surface area (Å²) in [6.45, 7) is 10.7. The molecule has 2 aromatic rings. The highest BCUT2D eigenvalue weighted by atomic mass is 16.5.